The van der Waals surface area contributed by atoms with E-state index in [2.05, 4.69) is 5.16 Å². The Morgan fingerprint density at radius 2 is 1.42 bits per heavy atom. The van der Waals surface area contributed by atoms with Crippen LogP contribution in [0.25, 0.3) is 0 Å². The maximum Gasteiger partial charge on any atom is 0.303 e. The Morgan fingerprint density at radius 1 is 0.879 bits per heavy atom. The fraction of sp³-hybridized carbons (Fsp3) is 0.476. The molecule has 1 aliphatic heterocycles. The van der Waals surface area contributed by atoms with E-state index >= 15 is 0 Å². The van der Waals surface area contributed by atoms with Gasteiger partial charge < -0.3 is 33.6 Å². The highest BCUT2D eigenvalue weighted by atomic mass is 16.7. The first-order chi connectivity index (χ1) is 15.6. The Kier molecular flexibility index (Phi) is 9.16. The van der Waals surface area contributed by atoms with Crippen molar-refractivity contribution in [2.24, 2.45) is 5.16 Å². The van der Waals surface area contributed by atoms with Gasteiger partial charge in [0.25, 0.3) is 0 Å². The van der Waals surface area contributed by atoms with Crippen molar-refractivity contribution in [2.45, 2.75) is 58.4 Å². The predicted molar refractivity (Wildman–Crippen MR) is 108 cm³/mol. The molecule has 0 amide bonds. The Hall–Kier alpha value is -3.67. The first-order valence-electron chi connectivity index (χ1n) is 9.85. The molecule has 180 valence electrons. The Bertz CT molecular complexity index is 883. The molecule has 0 unspecified atom stereocenters. The maximum atomic E-state index is 11.8. The van der Waals surface area contributed by atoms with Crippen LogP contribution in [0.5, 0.6) is 5.75 Å². The minimum atomic E-state index is -1.33. The second-order valence-electron chi connectivity index (χ2n) is 7.00. The first-order valence-corrected chi connectivity index (χ1v) is 9.85. The minimum Gasteiger partial charge on any atom is -0.463 e. The van der Waals surface area contributed by atoms with E-state index in [4.69, 9.17) is 33.6 Å². The van der Waals surface area contributed by atoms with Crippen molar-refractivity contribution < 1.29 is 52.8 Å². The summed E-state index contributed by atoms with van der Waals surface area (Å²) in [6, 6.07) is 6.23. The number of benzene rings is 1. The lowest BCUT2D eigenvalue weighted by Crippen LogP contribution is -2.63. The summed E-state index contributed by atoms with van der Waals surface area (Å²) < 4.78 is 32.6. The topological polar surface area (TPSA) is 156 Å². The van der Waals surface area contributed by atoms with Gasteiger partial charge in [-0.15, -0.1) is 0 Å². The highest BCUT2D eigenvalue weighted by Gasteiger charge is 2.53. The van der Waals surface area contributed by atoms with Gasteiger partial charge in [0, 0.05) is 27.7 Å². The summed E-state index contributed by atoms with van der Waals surface area (Å²) in [5.41, 5.74) is 0.575. The van der Waals surface area contributed by atoms with E-state index in [0.29, 0.717) is 5.56 Å². The van der Waals surface area contributed by atoms with Crippen LogP contribution in [-0.2, 0) is 42.9 Å². The van der Waals surface area contributed by atoms with E-state index < -0.39 is 54.6 Å². The molecular formula is C21H25NO11. The highest BCUT2D eigenvalue weighted by Crippen LogP contribution is 2.31. The van der Waals surface area contributed by atoms with Crippen LogP contribution in [0.4, 0.5) is 0 Å². The van der Waals surface area contributed by atoms with Crippen LogP contribution in [0.1, 0.15) is 33.3 Å². The molecule has 1 aromatic carbocycles. The highest BCUT2D eigenvalue weighted by molar-refractivity contribution is 5.79. The van der Waals surface area contributed by atoms with Gasteiger partial charge in [-0.3, -0.25) is 19.2 Å². The van der Waals surface area contributed by atoms with E-state index in [0.717, 1.165) is 20.8 Å². The molecule has 1 heterocycles. The normalized spacial score (nSPS) is 24.5. The molecule has 12 heteroatoms. The van der Waals surface area contributed by atoms with Crippen molar-refractivity contribution in [3.63, 3.8) is 0 Å². The fourth-order valence-corrected chi connectivity index (χ4v) is 3.12. The Labute approximate surface area is 189 Å². The average molecular weight is 467 g/mol. The van der Waals surface area contributed by atoms with Crippen molar-refractivity contribution in [1.82, 2.24) is 0 Å². The van der Waals surface area contributed by atoms with Crippen molar-refractivity contribution in [3.8, 4) is 5.75 Å². The number of carbonyl (C=O) groups excluding carboxylic acids is 4. The van der Waals surface area contributed by atoms with Crippen molar-refractivity contribution in [1.29, 1.82) is 0 Å². The number of oxime groups is 1. The molecule has 0 bridgehead atoms. The molecule has 1 aromatic rings. The molecule has 0 saturated carbocycles. The summed E-state index contributed by atoms with van der Waals surface area (Å²) in [6.07, 6.45) is -5.16. The molecule has 1 N–H and O–H groups in total. The lowest BCUT2D eigenvalue weighted by Gasteiger charge is -2.43. The van der Waals surface area contributed by atoms with Crippen LogP contribution >= 0.6 is 0 Å². The first kappa shape index (κ1) is 25.6. The minimum absolute atomic E-state index is 0.269. The zero-order valence-corrected chi connectivity index (χ0v) is 18.5. The summed E-state index contributed by atoms with van der Waals surface area (Å²) in [6.45, 7) is 4.22. The third kappa shape index (κ3) is 7.75. The molecular weight excluding hydrogens is 442 g/mol. The van der Waals surface area contributed by atoms with Crippen LogP contribution < -0.4 is 4.74 Å². The molecule has 0 aliphatic carbocycles. The fourth-order valence-electron chi connectivity index (χ4n) is 3.12. The number of ether oxygens (including phenoxy) is 6. The summed E-state index contributed by atoms with van der Waals surface area (Å²) in [5.74, 6) is -2.55. The molecule has 12 nitrogen and oxygen atoms in total. The molecule has 1 fully saturated rings. The number of hydrogen-bond acceptors (Lipinski definition) is 12. The zero-order valence-electron chi connectivity index (χ0n) is 18.5. The summed E-state index contributed by atoms with van der Waals surface area (Å²) in [4.78, 5) is 46.7. The molecule has 0 spiro atoms. The largest absolute Gasteiger partial charge is 0.463 e. The van der Waals surface area contributed by atoms with Gasteiger partial charge in [0.05, 0.1) is 6.21 Å². The predicted octanol–water partition coefficient (Wildman–Crippen LogP) is 0.957. The number of nitrogens with zero attached hydrogens (tertiary/aromatic N) is 1. The van der Waals surface area contributed by atoms with Gasteiger partial charge >= 0.3 is 23.9 Å². The molecule has 1 saturated heterocycles. The molecule has 1 aliphatic rings. The second-order valence-corrected chi connectivity index (χ2v) is 7.00. The lowest BCUT2D eigenvalue weighted by atomic mass is 9.98. The van der Waals surface area contributed by atoms with E-state index in [-0.39, 0.29) is 12.4 Å². The zero-order chi connectivity index (χ0) is 24.5. The third-order valence-electron chi connectivity index (χ3n) is 4.29. The number of esters is 4. The van der Waals surface area contributed by atoms with Crippen LogP contribution in [0.3, 0.4) is 0 Å². The van der Waals surface area contributed by atoms with Gasteiger partial charge in [0.2, 0.25) is 12.4 Å². The van der Waals surface area contributed by atoms with Crippen LogP contribution in [0, 0.1) is 0 Å². The van der Waals surface area contributed by atoms with Crippen molar-refractivity contribution >= 4 is 30.1 Å². The van der Waals surface area contributed by atoms with E-state index in [1.54, 1.807) is 12.1 Å². The van der Waals surface area contributed by atoms with E-state index in [1.807, 2.05) is 0 Å². The van der Waals surface area contributed by atoms with Crippen LogP contribution in [0.2, 0.25) is 0 Å². The molecule has 2 rings (SSSR count). The molecule has 33 heavy (non-hydrogen) atoms. The maximum absolute atomic E-state index is 11.8. The number of carbonyl (C=O) groups is 4. The van der Waals surface area contributed by atoms with Crippen LogP contribution in [-0.4, -0.2) is 72.6 Å². The summed E-state index contributed by atoms with van der Waals surface area (Å²) >= 11 is 0. The van der Waals surface area contributed by atoms with Gasteiger partial charge in [-0.25, -0.2) is 0 Å². The monoisotopic (exact) mass is 467 g/mol. The quantitative estimate of drug-likeness (QED) is 0.191. The van der Waals surface area contributed by atoms with Gasteiger partial charge in [0.15, 0.2) is 12.2 Å². The van der Waals surface area contributed by atoms with Crippen molar-refractivity contribution in [3.05, 3.63) is 29.8 Å². The van der Waals surface area contributed by atoms with Gasteiger partial charge in [0.1, 0.15) is 18.5 Å². The number of hydrogen-bond donors (Lipinski definition) is 1. The van der Waals surface area contributed by atoms with Gasteiger partial charge in [-0.2, -0.15) is 0 Å². The van der Waals surface area contributed by atoms with Gasteiger partial charge in [-0.1, -0.05) is 5.16 Å². The standard InChI is InChI=1S/C21H25NO11/c1-11(23)28-10-17-18(29-12(2)24)19(30-13(3)25)20(31-14(4)26)21(33-17)32-16-7-5-15(6-8-16)9-22-27/h5-9,17-21,27H,10H2,1-4H3/b22-9-/t17-,18+,19+,20-,21-/m1/s1. The van der Waals surface area contributed by atoms with E-state index in [9.17, 15) is 19.2 Å². The average Bonchev–Trinajstić information content (AvgIpc) is 2.71. The van der Waals surface area contributed by atoms with Gasteiger partial charge in [-0.05, 0) is 29.8 Å². The summed E-state index contributed by atoms with van der Waals surface area (Å²) in [5, 5.41) is 11.6. The smallest absolute Gasteiger partial charge is 0.303 e. The lowest BCUT2D eigenvalue weighted by molar-refractivity contribution is -0.288. The third-order valence-corrected chi connectivity index (χ3v) is 4.29. The second kappa shape index (κ2) is 11.8. The Balaban J connectivity index is 2.42. The molecule has 0 radical (unpaired) electrons. The Morgan fingerprint density at radius 3 is 1.94 bits per heavy atom. The molecule has 5 atom stereocenters. The number of rotatable bonds is 8. The van der Waals surface area contributed by atoms with Crippen molar-refractivity contribution in [2.75, 3.05) is 6.61 Å². The summed E-state index contributed by atoms with van der Waals surface area (Å²) in [7, 11) is 0. The SMILES string of the molecule is CC(=O)OC[C@H]1O[C@@H](Oc2ccc(/C=N\O)cc2)[C@H](OC(C)=O)[C@@H](OC(C)=O)[C@H]1OC(C)=O. The van der Waals surface area contributed by atoms with E-state index in [1.165, 1.54) is 25.3 Å². The van der Waals surface area contributed by atoms with Crippen LogP contribution in [0.15, 0.2) is 29.4 Å². The molecule has 0 aromatic heterocycles.